The van der Waals surface area contributed by atoms with Gasteiger partial charge in [0.05, 0.1) is 0 Å². The van der Waals surface area contributed by atoms with Crippen molar-refractivity contribution in [2.45, 2.75) is 25.4 Å². The van der Waals surface area contributed by atoms with E-state index in [4.69, 9.17) is 21.8 Å². The van der Waals surface area contributed by atoms with Crippen molar-refractivity contribution in [2.24, 2.45) is 5.73 Å². The monoisotopic (exact) mass is 279 g/mol. The zero-order valence-electron chi connectivity index (χ0n) is 10.8. The third-order valence-electron chi connectivity index (χ3n) is 3.26. The minimum Gasteiger partial charge on any atom is -0.463 e. The van der Waals surface area contributed by atoms with Crippen molar-refractivity contribution in [1.82, 2.24) is 0 Å². The smallest absolute Gasteiger partial charge is 0.133 e. The summed E-state index contributed by atoms with van der Waals surface area (Å²) in [7, 11) is 0. The molecule has 0 saturated carbocycles. The van der Waals surface area contributed by atoms with E-state index in [1.807, 2.05) is 31.2 Å². The minimum atomic E-state index is -0.744. The number of benzene rings is 1. The van der Waals surface area contributed by atoms with Crippen molar-refractivity contribution in [2.75, 3.05) is 6.54 Å². The van der Waals surface area contributed by atoms with Gasteiger partial charge in [0.25, 0.3) is 0 Å². The Bertz CT molecular complexity index is 521. The predicted molar refractivity (Wildman–Crippen MR) is 76.3 cm³/mol. The lowest BCUT2D eigenvalue weighted by Crippen LogP contribution is -2.19. The van der Waals surface area contributed by atoms with Crippen LogP contribution in [0.5, 0.6) is 0 Å². The Kier molecular flexibility index (Phi) is 4.64. The highest BCUT2D eigenvalue weighted by molar-refractivity contribution is 6.30. The van der Waals surface area contributed by atoms with Crippen LogP contribution in [0.15, 0.2) is 40.8 Å². The van der Waals surface area contributed by atoms with Crippen LogP contribution in [-0.2, 0) is 6.42 Å². The van der Waals surface area contributed by atoms with E-state index >= 15 is 0 Å². The predicted octanol–water partition coefficient (Wildman–Crippen LogP) is 3.27. The van der Waals surface area contributed by atoms with E-state index in [1.54, 1.807) is 12.1 Å². The minimum absolute atomic E-state index is 0.201. The fraction of sp³-hybridized carbons (Fsp3) is 0.333. The molecule has 3 N–H and O–H groups in total. The van der Waals surface area contributed by atoms with E-state index in [2.05, 4.69) is 0 Å². The Hall–Kier alpha value is -1.29. The molecule has 4 heteroatoms. The Morgan fingerprint density at radius 3 is 2.42 bits per heavy atom. The highest BCUT2D eigenvalue weighted by Crippen LogP contribution is 2.31. The highest BCUT2D eigenvalue weighted by atomic mass is 35.5. The molecule has 3 nitrogen and oxygen atoms in total. The summed E-state index contributed by atoms with van der Waals surface area (Å²) in [6.45, 7) is 2.35. The molecule has 2 unspecified atom stereocenters. The van der Waals surface area contributed by atoms with Crippen molar-refractivity contribution in [3.8, 4) is 0 Å². The molecule has 0 saturated heterocycles. The number of nitrogens with two attached hydrogens (primary N) is 1. The van der Waals surface area contributed by atoms with Crippen molar-refractivity contribution < 1.29 is 9.52 Å². The molecular formula is C15H18ClNO2. The first-order valence-corrected chi connectivity index (χ1v) is 6.75. The van der Waals surface area contributed by atoms with Gasteiger partial charge in [0.1, 0.15) is 17.6 Å². The summed E-state index contributed by atoms with van der Waals surface area (Å²) in [5.74, 6) is 1.22. The maximum atomic E-state index is 10.4. The van der Waals surface area contributed by atoms with Crippen LogP contribution in [0, 0.1) is 0 Å². The van der Waals surface area contributed by atoms with Gasteiger partial charge in [-0.15, -0.1) is 0 Å². The largest absolute Gasteiger partial charge is 0.463 e. The molecule has 2 rings (SSSR count). The quantitative estimate of drug-likeness (QED) is 0.883. The lowest BCUT2D eigenvalue weighted by molar-refractivity contribution is 0.120. The van der Waals surface area contributed by atoms with E-state index in [0.717, 1.165) is 17.7 Å². The van der Waals surface area contributed by atoms with Crippen molar-refractivity contribution in [3.05, 3.63) is 58.5 Å². The summed E-state index contributed by atoms with van der Waals surface area (Å²) in [5.41, 5.74) is 6.74. The van der Waals surface area contributed by atoms with Crippen molar-refractivity contribution >= 4 is 11.6 Å². The SMILES string of the molecule is CCc1ccc(C(O)C(CN)c2ccc(Cl)cc2)o1. The molecule has 2 aromatic rings. The molecule has 1 aromatic heterocycles. The summed E-state index contributed by atoms with van der Waals surface area (Å²) >= 11 is 5.87. The number of aliphatic hydroxyl groups is 1. The normalized spacial score (nSPS) is 14.3. The van der Waals surface area contributed by atoms with Gasteiger partial charge < -0.3 is 15.3 Å². The Balaban J connectivity index is 2.23. The second-order valence-electron chi connectivity index (χ2n) is 4.50. The molecule has 0 spiro atoms. The van der Waals surface area contributed by atoms with Gasteiger partial charge in [-0.1, -0.05) is 30.7 Å². The maximum Gasteiger partial charge on any atom is 0.133 e. The lowest BCUT2D eigenvalue weighted by atomic mass is 9.92. The molecule has 102 valence electrons. The van der Waals surface area contributed by atoms with Gasteiger partial charge in [0.15, 0.2) is 0 Å². The maximum absolute atomic E-state index is 10.4. The average Bonchev–Trinajstić information content (AvgIpc) is 2.90. The standard InChI is InChI=1S/C15H18ClNO2/c1-2-12-7-8-14(19-12)15(18)13(9-17)10-3-5-11(16)6-4-10/h3-8,13,15,18H,2,9,17H2,1H3. The summed E-state index contributed by atoms with van der Waals surface area (Å²) in [4.78, 5) is 0. The van der Waals surface area contributed by atoms with Gasteiger partial charge in [-0.2, -0.15) is 0 Å². The average molecular weight is 280 g/mol. The van der Waals surface area contributed by atoms with Crippen LogP contribution in [0.1, 0.15) is 36.0 Å². The summed E-state index contributed by atoms with van der Waals surface area (Å²) in [6, 6.07) is 11.0. The molecule has 0 amide bonds. The van der Waals surface area contributed by atoms with Crippen molar-refractivity contribution in [1.29, 1.82) is 0 Å². The molecule has 1 heterocycles. The first-order valence-electron chi connectivity index (χ1n) is 6.38. The van der Waals surface area contributed by atoms with E-state index < -0.39 is 6.10 Å². The Labute approximate surface area is 118 Å². The van der Waals surface area contributed by atoms with Crippen LogP contribution in [0.25, 0.3) is 0 Å². The second-order valence-corrected chi connectivity index (χ2v) is 4.93. The van der Waals surface area contributed by atoms with Crippen LogP contribution < -0.4 is 5.73 Å². The molecular weight excluding hydrogens is 262 g/mol. The molecule has 0 fully saturated rings. The zero-order chi connectivity index (χ0) is 13.8. The molecule has 0 bridgehead atoms. The van der Waals surface area contributed by atoms with Crippen molar-refractivity contribution in [3.63, 3.8) is 0 Å². The van der Waals surface area contributed by atoms with E-state index in [0.29, 0.717) is 17.3 Å². The Morgan fingerprint density at radius 2 is 1.89 bits per heavy atom. The van der Waals surface area contributed by atoms with Crippen LogP contribution in [-0.4, -0.2) is 11.7 Å². The molecule has 0 radical (unpaired) electrons. The third-order valence-corrected chi connectivity index (χ3v) is 3.51. The molecule has 1 aromatic carbocycles. The summed E-state index contributed by atoms with van der Waals surface area (Å²) < 4.78 is 5.59. The summed E-state index contributed by atoms with van der Waals surface area (Å²) in [5, 5.41) is 11.1. The molecule has 2 atom stereocenters. The number of aryl methyl sites for hydroxylation is 1. The number of rotatable bonds is 5. The molecule has 19 heavy (non-hydrogen) atoms. The fourth-order valence-corrected chi connectivity index (χ4v) is 2.23. The molecule has 0 aliphatic heterocycles. The van der Waals surface area contributed by atoms with Gasteiger partial charge in [-0.25, -0.2) is 0 Å². The fourth-order valence-electron chi connectivity index (χ4n) is 2.10. The number of furan rings is 1. The first-order chi connectivity index (χ1) is 9.15. The van der Waals surface area contributed by atoms with Gasteiger partial charge in [0.2, 0.25) is 0 Å². The van der Waals surface area contributed by atoms with Crippen LogP contribution in [0.2, 0.25) is 5.02 Å². The van der Waals surface area contributed by atoms with Gasteiger partial charge >= 0.3 is 0 Å². The third kappa shape index (κ3) is 3.18. The highest BCUT2D eigenvalue weighted by Gasteiger charge is 2.24. The number of halogens is 1. The zero-order valence-corrected chi connectivity index (χ0v) is 11.6. The number of hydrogen-bond donors (Lipinski definition) is 2. The van der Waals surface area contributed by atoms with Gasteiger partial charge in [-0.3, -0.25) is 0 Å². The molecule has 0 aliphatic rings. The Morgan fingerprint density at radius 1 is 1.21 bits per heavy atom. The summed E-state index contributed by atoms with van der Waals surface area (Å²) in [6.07, 6.45) is 0.0625. The van der Waals surface area contributed by atoms with E-state index in [-0.39, 0.29) is 5.92 Å². The lowest BCUT2D eigenvalue weighted by Gasteiger charge is -2.20. The van der Waals surface area contributed by atoms with Crippen LogP contribution in [0.4, 0.5) is 0 Å². The second kappa shape index (κ2) is 6.24. The van der Waals surface area contributed by atoms with Crippen LogP contribution in [0.3, 0.4) is 0 Å². The van der Waals surface area contributed by atoms with Gasteiger partial charge in [0, 0.05) is 23.9 Å². The van der Waals surface area contributed by atoms with E-state index in [9.17, 15) is 5.11 Å². The first kappa shape index (κ1) is 14.1. The number of aliphatic hydroxyl groups excluding tert-OH is 1. The molecule has 0 aliphatic carbocycles. The topological polar surface area (TPSA) is 59.4 Å². The van der Waals surface area contributed by atoms with Crippen LogP contribution >= 0.6 is 11.6 Å². The van der Waals surface area contributed by atoms with E-state index in [1.165, 1.54) is 0 Å². The van der Waals surface area contributed by atoms with Gasteiger partial charge in [-0.05, 0) is 29.8 Å². The number of hydrogen-bond acceptors (Lipinski definition) is 3.